The highest BCUT2D eigenvalue weighted by Gasteiger charge is 2.28. The van der Waals surface area contributed by atoms with Gasteiger partial charge in [-0.2, -0.15) is 5.10 Å². The highest BCUT2D eigenvalue weighted by molar-refractivity contribution is 6.30. The third-order valence-electron chi connectivity index (χ3n) is 4.61. The molecule has 0 spiro atoms. The second-order valence-electron chi connectivity index (χ2n) is 6.48. The fraction of sp³-hybridized carbons (Fsp3) is 0.200. The molecule has 1 amide bonds. The van der Waals surface area contributed by atoms with E-state index in [-0.39, 0.29) is 17.8 Å². The van der Waals surface area contributed by atoms with Gasteiger partial charge in [0.2, 0.25) is 0 Å². The summed E-state index contributed by atoms with van der Waals surface area (Å²) >= 11 is 5.92. The highest BCUT2D eigenvalue weighted by atomic mass is 35.5. The van der Waals surface area contributed by atoms with Gasteiger partial charge in [0.25, 0.3) is 5.91 Å². The van der Waals surface area contributed by atoms with Crippen molar-refractivity contribution in [3.63, 3.8) is 0 Å². The molecule has 2 aromatic carbocycles. The fourth-order valence-electron chi connectivity index (χ4n) is 3.16. The zero-order chi connectivity index (χ0) is 19.0. The number of rotatable bonds is 4. The first kappa shape index (κ1) is 17.5. The molecular weight excluding hydrogens is 367 g/mol. The van der Waals surface area contributed by atoms with E-state index >= 15 is 0 Å². The highest BCUT2D eigenvalue weighted by Crippen LogP contribution is 2.25. The van der Waals surface area contributed by atoms with Gasteiger partial charge in [0.1, 0.15) is 11.5 Å². The lowest BCUT2D eigenvalue weighted by molar-refractivity contribution is 0.0962. The number of aromatic nitrogens is 2. The zero-order valence-electron chi connectivity index (χ0n) is 14.7. The first-order valence-electron chi connectivity index (χ1n) is 8.68. The largest absolute Gasteiger partial charge is 0.377 e. The number of fused-ring (bicyclic) bond motifs is 1. The van der Waals surface area contributed by atoms with Gasteiger partial charge in [-0.1, -0.05) is 11.6 Å². The number of hydrogen-bond donors (Lipinski definition) is 1. The van der Waals surface area contributed by atoms with Gasteiger partial charge < -0.3 is 10.2 Å². The number of halogens is 2. The van der Waals surface area contributed by atoms with E-state index in [0.29, 0.717) is 29.5 Å². The molecular formula is C20H18ClFN4O. The quantitative estimate of drug-likeness (QED) is 0.720. The molecule has 1 aliphatic rings. The lowest BCUT2D eigenvalue weighted by Crippen LogP contribution is -2.40. The van der Waals surface area contributed by atoms with Crippen LogP contribution in [0, 0.1) is 5.82 Å². The summed E-state index contributed by atoms with van der Waals surface area (Å²) in [5.41, 5.74) is 2.93. The molecule has 0 fully saturated rings. The average Bonchev–Trinajstić information content (AvgIpc) is 3.10. The number of benzene rings is 2. The summed E-state index contributed by atoms with van der Waals surface area (Å²) < 4.78 is 14.9. The van der Waals surface area contributed by atoms with Gasteiger partial charge in [0.05, 0.1) is 18.3 Å². The van der Waals surface area contributed by atoms with Crippen LogP contribution in [0.15, 0.2) is 54.6 Å². The third kappa shape index (κ3) is 3.53. The number of anilines is 2. The number of carbonyl (C=O) groups is 1. The Morgan fingerprint density at radius 2 is 1.81 bits per heavy atom. The van der Waals surface area contributed by atoms with Crippen molar-refractivity contribution in [2.75, 3.05) is 16.8 Å². The Bertz CT molecular complexity index is 969. The molecule has 1 N–H and O–H groups in total. The Labute approximate surface area is 161 Å². The summed E-state index contributed by atoms with van der Waals surface area (Å²) in [6.07, 6.45) is 0. The summed E-state index contributed by atoms with van der Waals surface area (Å²) in [5.74, 6) is -0.456. The van der Waals surface area contributed by atoms with E-state index in [2.05, 4.69) is 10.4 Å². The number of carbonyl (C=O) groups excluding carboxylic acids is 1. The van der Waals surface area contributed by atoms with E-state index in [1.165, 1.54) is 12.1 Å². The van der Waals surface area contributed by atoms with E-state index in [1.54, 1.807) is 21.7 Å². The predicted molar refractivity (Wildman–Crippen MR) is 104 cm³/mol. The summed E-state index contributed by atoms with van der Waals surface area (Å²) in [7, 11) is 0. The van der Waals surface area contributed by atoms with Crippen LogP contribution >= 0.6 is 11.6 Å². The van der Waals surface area contributed by atoms with E-state index in [1.807, 2.05) is 37.3 Å². The Morgan fingerprint density at radius 3 is 2.52 bits per heavy atom. The van der Waals surface area contributed by atoms with Crippen LogP contribution in [0.4, 0.5) is 15.8 Å². The van der Waals surface area contributed by atoms with E-state index in [9.17, 15) is 9.18 Å². The lowest BCUT2D eigenvalue weighted by atomic mass is 10.2. The molecule has 1 aliphatic heterocycles. The van der Waals surface area contributed by atoms with Crippen molar-refractivity contribution in [2.45, 2.75) is 19.5 Å². The Hall–Kier alpha value is -2.86. The smallest absolute Gasteiger partial charge is 0.276 e. The normalized spacial score (nSPS) is 14.8. The van der Waals surface area contributed by atoms with E-state index in [0.717, 1.165) is 11.4 Å². The molecule has 1 atom stereocenters. The maximum atomic E-state index is 13.2. The molecule has 0 bridgehead atoms. The van der Waals surface area contributed by atoms with Crippen molar-refractivity contribution in [1.82, 2.24) is 9.78 Å². The molecule has 0 aliphatic carbocycles. The minimum atomic E-state index is -0.322. The van der Waals surface area contributed by atoms with Gasteiger partial charge in [-0.25, -0.2) is 4.39 Å². The molecule has 0 radical (unpaired) electrons. The van der Waals surface area contributed by atoms with Crippen molar-refractivity contribution in [3.05, 3.63) is 76.8 Å². The van der Waals surface area contributed by atoms with Crippen molar-refractivity contribution >= 4 is 28.9 Å². The van der Waals surface area contributed by atoms with Crippen molar-refractivity contribution in [3.8, 4) is 0 Å². The van der Waals surface area contributed by atoms with Crippen LogP contribution in [0.5, 0.6) is 0 Å². The molecule has 3 aromatic rings. The number of nitrogens with one attached hydrogen (secondary N) is 1. The maximum Gasteiger partial charge on any atom is 0.276 e. The molecule has 1 aromatic heterocycles. The number of hydrogen-bond acceptors (Lipinski definition) is 3. The van der Waals surface area contributed by atoms with Crippen LogP contribution in [0.2, 0.25) is 5.02 Å². The molecule has 0 saturated carbocycles. The number of amides is 1. The van der Waals surface area contributed by atoms with Crippen LogP contribution in [0.3, 0.4) is 0 Å². The fourth-order valence-corrected chi connectivity index (χ4v) is 3.29. The predicted octanol–water partition coefficient (Wildman–Crippen LogP) is 4.51. The zero-order valence-corrected chi connectivity index (χ0v) is 15.4. The van der Waals surface area contributed by atoms with Gasteiger partial charge in [0.15, 0.2) is 0 Å². The van der Waals surface area contributed by atoms with Crippen LogP contribution in [-0.2, 0) is 6.54 Å². The molecule has 2 heterocycles. The van der Waals surface area contributed by atoms with Gasteiger partial charge in [-0.05, 0) is 61.5 Å². The average molecular weight is 385 g/mol. The second kappa shape index (κ2) is 7.04. The van der Waals surface area contributed by atoms with Gasteiger partial charge >= 0.3 is 0 Å². The van der Waals surface area contributed by atoms with E-state index in [4.69, 9.17) is 11.6 Å². The SMILES string of the molecule is CC(Nc1ccc(Cl)cc1)c1cc2n(n1)CCN(c1ccc(F)cc1)C2=O. The van der Waals surface area contributed by atoms with Crippen LogP contribution in [0.1, 0.15) is 29.1 Å². The van der Waals surface area contributed by atoms with Gasteiger partial charge in [0, 0.05) is 22.9 Å². The minimum absolute atomic E-state index is 0.0728. The van der Waals surface area contributed by atoms with Crippen molar-refractivity contribution in [1.29, 1.82) is 0 Å². The molecule has 138 valence electrons. The molecule has 27 heavy (non-hydrogen) atoms. The van der Waals surface area contributed by atoms with Crippen LogP contribution in [-0.4, -0.2) is 22.2 Å². The van der Waals surface area contributed by atoms with Crippen LogP contribution < -0.4 is 10.2 Å². The lowest BCUT2D eigenvalue weighted by Gasteiger charge is -2.27. The minimum Gasteiger partial charge on any atom is -0.377 e. The maximum absolute atomic E-state index is 13.2. The Balaban J connectivity index is 1.54. The molecule has 0 saturated heterocycles. The number of nitrogens with zero attached hydrogens (tertiary/aromatic N) is 3. The molecule has 7 heteroatoms. The molecule has 4 rings (SSSR count). The van der Waals surface area contributed by atoms with Gasteiger partial charge in [-0.3, -0.25) is 9.48 Å². The summed E-state index contributed by atoms with van der Waals surface area (Å²) in [6.45, 7) is 3.08. The Kier molecular flexibility index (Phi) is 4.58. The molecule has 1 unspecified atom stereocenters. The topological polar surface area (TPSA) is 50.2 Å². The van der Waals surface area contributed by atoms with Crippen molar-refractivity contribution in [2.24, 2.45) is 0 Å². The van der Waals surface area contributed by atoms with Crippen molar-refractivity contribution < 1.29 is 9.18 Å². The third-order valence-corrected chi connectivity index (χ3v) is 4.86. The van der Waals surface area contributed by atoms with Crippen LogP contribution in [0.25, 0.3) is 0 Å². The summed E-state index contributed by atoms with van der Waals surface area (Å²) in [4.78, 5) is 14.5. The second-order valence-corrected chi connectivity index (χ2v) is 6.92. The monoisotopic (exact) mass is 384 g/mol. The summed E-state index contributed by atoms with van der Waals surface area (Å²) in [6, 6.07) is 15.1. The summed E-state index contributed by atoms with van der Waals surface area (Å²) in [5, 5.41) is 8.61. The first-order chi connectivity index (χ1) is 13.0. The Morgan fingerprint density at radius 1 is 1.11 bits per heavy atom. The standard InChI is InChI=1S/C20H18ClFN4O/c1-13(23-16-6-2-14(21)3-7-16)18-12-19-20(27)25(10-11-26(19)24-18)17-8-4-15(22)5-9-17/h2-9,12-13,23H,10-11H2,1H3. The van der Waals surface area contributed by atoms with E-state index < -0.39 is 0 Å². The molecule has 5 nitrogen and oxygen atoms in total. The first-order valence-corrected chi connectivity index (χ1v) is 9.06. The van der Waals surface area contributed by atoms with Gasteiger partial charge in [-0.15, -0.1) is 0 Å².